The van der Waals surface area contributed by atoms with Gasteiger partial charge < -0.3 is 21.9 Å². The number of fused-ring (bicyclic) bond motifs is 1. The van der Waals surface area contributed by atoms with Crippen molar-refractivity contribution in [3.8, 4) is 0 Å². The molecule has 2 aromatic rings. The predicted octanol–water partition coefficient (Wildman–Crippen LogP) is 0.984. The number of nitrogens with two attached hydrogens (primary N) is 2. The highest BCUT2D eigenvalue weighted by molar-refractivity contribution is 6.06. The fourth-order valence-electron chi connectivity index (χ4n) is 2.88. The van der Waals surface area contributed by atoms with Crippen LogP contribution in [-0.2, 0) is 20.8 Å². The summed E-state index contributed by atoms with van der Waals surface area (Å²) in [4.78, 5) is 37.1. The summed E-state index contributed by atoms with van der Waals surface area (Å²) in [6.45, 7) is 0.470. The Bertz CT molecular complexity index is 932. The predicted molar refractivity (Wildman–Crippen MR) is 92.8 cm³/mol. The third kappa shape index (κ3) is 4.30. The van der Waals surface area contributed by atoms with Crippen LogP contribution in [0.5, 0.6) is 0 Å². The van der Waals surface area contributed by atoms with Gasteiger partial charge in [-0.2, -0.15) is 13.2 Å². The molecule has 11 heteroatoms. The number of carboxylic acids is 1. The molecule has 1 atom stereocenters. The molecule has 1 aliphatic heterocycles. The summed E-state index contributed by atoms with van der Waals surface area (Å²) >= 11 is 0. The number of benzene rings is 1. The minimum Gasteiger partial charge on any atom is -0.475 e. The summed E-state index contributed by atoms with van der Waals surface area (Å²) < 4.78 is 31.7. The molecule has 8 nitrogen and oxygen atoms in total. The highest BCUT2D eigenvalue weighted by Gasteiger charge is 2.47. The second-order valence-corrected chi connectivity index (χ2v) is 6.15. The average molecular weight is 398 g/mol. The van der Waals surface area contributed by atoms with E-state index in [0.29, 0.717) is 18.8 Å². The number of nitrogens with zero attached hydrogens (tertiary/aromatic N) is 1. The van der Waals surface area contributed by atoms with E-state index in [9.17, 15) is 22.8 Å². The number of aliphatic carboxylic acids is 1. The molecule has 0 aliphatic carbocycles. The maximum absolute atomic E-state index is 12.1. The first-order chi connectivity index (χ1) is 13.0. The molecule has 1 aliphatic rings. The Balaban J connectivity index is 0.000000345. The van der Waals surface area contributed by atoms with Crippen molar-refractivity contribution in [3.05, 3.63) is 35.9 Å². The first kappa shape index (κ1) is 20.9. The molecule has 1 aromatic carbocycles. The smallest absolute Gasteiger partial charge is 0.475 e. The lowest BCUT2D eigenvalue weighted by Crippen LogP contribution is -2.44. The van der Waals surface area contributed by atoms with E-state index < -0.39 is 23.5 Å². The van der Waals surface area contributed by atoms with E-state index in [1.165, 1.54) is 0 Å². The maximum Gasteiger partial charge on any atom is 0.490 e. The van der Waals surface area contributed by atoms with Gasteiger partial charge in [-0.1, -0.05) is 12.1 Å². The van der Waals surface area contributed by atoms with Crippen LogP contribution in [0.15, 0.2) is 30.3 Å². The Morgan fingerprint density at radius 1 is 1.25 bits per heavy atom. The zero-order chi connectivity index (χ0) is 21.1. The molecule has 28 heavy (non-hydrogen) atoms. The Morgan fingerprint density at radius 3 is 2.39 bits per heavy atom. The molecule has 0 unspecified atom stereocenters. The minimum atomic E-state index is -5.08. The molecule has 3 rings (SSSR count). The number of anilines is 1. The van der Waals surface area contributed by atoms with E-state index >= 15 is 0 Å². The number of aromatic nitrogens is 1. The van der Waals surface area contributed by atoms with Gasteiger partial charge in [-0.15, -0.1) is 0 Å². The van der Waals surface area contributed by atoms with E-state index in [2.05, 4.69) is 10.3 Å². The third-order valence-electron chi connectivity index (χ3n) is 4.32. The number of amides is 2. The van der Waals surface area contributed by atoms with Crippen molar-refractivity contribution >= 4 is 34.5 Å². The van der Waals surface area contributed by atoms with Gasteiger partial charge in [-0.05, 0) is 36.6 Å². The second-order valence-electron chi connectivity index (χ2n) is 6.15. The number of carboxylic acid groups (broad SMARTS) is 1. The highest BCUT2D eigenvalue weighted by atomic mass is 19.4. The van der Waals surface area contributed by atoms with Crippen LogP contribution in [0.1, 0.15) is 12.0 Å². The minimum absolute atomic E-state index is 0.275. The molecule has 1 saturated heterocycles. The number of hydrogen-bond donors (Lipinski definition) is 4. The van der Waals surface area contributed by atoms with Gasteiger partial charge >= 0.3 is 12.1 Å². The van der Waals surface area contributed by atoms with Crippen LogP contribution in [0, 0.1) is 5.41 Å². The zero-order valence-corrected chi connectivity index (χ0v) is 14.4. The molecule has 0 saturated carbocycles. The number of halogens is 3. The number of hydrogen-bond acceptors (Lipinski definition) is 5. The molecular formula is C17H17F3N4O4. The summed E-state index contributed by atoms with van der Waals surface area (Å²) in [7, 11) is 0. The standard InChI is InChI=1S/C15H16N4O2.C2HF3O2/c16-12-5-4-10-9(2-1-3-11(10)19-12)8-15(13(17)20)6-7-18-14(15)21;3-2(4,5)1(6)7/h1-5H,6-8H2,(H2,16,19)(H2,17,20)(H,18,21);(H,6,7)/t15-;/m1./s1. The van der Waals surface area contributed by atoms with Gasteiger partial charge in [0, 0.05) is 11.9 Å². The van der Waals surface area contributed by atoms with Crippen LogP contribution < -0.4 is 16.8 Å². The van der Waals surface area contributed by atoms with Crippen LogP contribution in [0.2, 0.25) is 0 Å². The van der Waals surface area contributed by atoms with Crippen molar-refractivity contribution in [2.24, 2.45) is 11.1 Å². The number of alkyl halides is 3. The van der Waals surface area contributed by atoms with Crippen molar-refractivity contribution in [3.63, 3.8) is 0 Å². The third-order valence-corrected chi connectivity index (χ3v) is 4.32. The van der Waals surface area contributed by atoms with E-state index in [1.807, 2.05) is 24.3 Å². The fraction of sp³-hybridized carbons (Fsp3) is 0.294. The van der Waals surface area contributed by atoms with E-state index in [1.54, 1.807) is 6.07 Å². The van der Waals surface area contributed by atoms with Gasteiger partial charge in [0.2, 0.25) is 11.8 Å². The average Bonchev–Trinajstić information content (AvgIpc) is 2.96. The largest absolute Gasteiger partial charge is 0.490 e. The van der Waals surface area contributed by atoms with E-state index in [-0.39, 0.29) is 12.3 Å². The fourth-order valence-corrected chi connectivity index (χ4v) is 2.88. The summed E-state index contributed by atoms with van der Waals surface area (Å²) in [5.74, 6) is -3.20. The zero-order valence-electron chi connectivity index (χ0n) is 14.4. The first-order valence-electron chi connectivity index (χ1n) is 8.00. The lowest BCUT2D eigenvalue weighted by Gasteiger charge is -2.22. The van der Waals surface area contributed by atoms with Gasteiger partial charge in [-0.3, -0.25) is 9.59 Å². The summed E-state index contributed by atoms with van der Waals surface area (Å²) in [5.41, 5.74) is 11.6. The van der Waals surface area contributed by atoms with Crippen molar-refractivity contribution in [2.75, 3.05) is 12.3 Å². The number of nitrogen functional groups attached to an aromatic ring is 1. The molecule has 1 aromatic heterocycles. The van der Waals surface area contributed by atoms with Gasteiger partial charge in [0.05, 0.1) is 5.52 Å². The number of carbonyl (C=O) groups excluding carboxylic acids is 2. The second kappa shape index (κ2) is 7.71. The van der Waals surface area contributed by atoms with Crippen LogP contribution in [0.3, 0.4) is 0 Å². The SMILES string of the molecule is NC(=O)[C@]1(Cc2cccc3nc(N)ccc23)CCNC1=O.O=C(O)C(F)(F)F. The Hall–Kier alpha value is -3.37. The quantitative estimate of drug-likeness (QED) is 0.567. The van der Waals surface area contributed by atoms with Gasteiger partial charge in [0.25, 0.3) is 0 Å². The molecule has 0 bridgehead atoms. The lowest BCUT2D eigenvalue weighted by molar-refractivity contribution is -0.192. The molecule has 150 valence electrons. The van der Waals surface area contributed by atoms with Crippen molar-refractivity contribution in [2.45, 2.75) is 19.0 Å². The topological polar surface area (TPSA) is 148 Å². The lowest BCUT2D eigenvalue weighted by atomic mass is 9.78. The summed E-state index contributed by atoms with van der Waals surface area (Å²) in [6.07, 6.45) is -4.39. The van der Waals surface area contributed by atoms with Crippen molar-refractivity contribution in [1.82, 2.24) is 10.3 Å². The number of primary amides is 1. The highest BCUT2D eigenvalue weighted by Crippen LogP contribution is 2.33. The van der Waals surface area contributed by atoms with E-state index in [0.717, 1.165) is 16.5 Å². The van der Waals surface area contributed by atoms with Gasteiger partial charge in [0.15, 0.2) is 0 Å². The maximum atomic E-state index is 12.1. The van der Waals surface area contributed by atoms with Crippen LogP contribution in [-0.4, -0.2) is 40.6 Å². The summed E-state index contributed by atoms with van der Waals surface area (Å²) in [5, 5.41) is 10.7. The Kier molecular flexibility index (Phi) is 5.76. The van der Waals surface area contributed by atoms with Crippen molar-refractivity contribution in [1.29, 1.82) is 0 Å². The molecule has 2 amide bonds. The number of carbonyl (C=O) groups is 3. The molecule has 0 spiro atoms. The monoisotopic (exact) mass is 398 g/mol. The van der Waals surface area contributed by atoms with Crippen molar-refractivity contribution < 1.29 is 32.7 Å². The number of rotatable bonds is 3. The molecule has 0 radical (unpaired) electrons. The molecule has 2 heterocycles. The van der Waals surface area contributed by atoms with Crippen LogP contribution in [0.25, 0.3) is 10.9 Å². The van der Waals surface area contributed by atoms with Gasteiger partial charge in [0.1, 0.15) is 11.2 Å². The molecule has 6 N–H and O–H groups in total. The number of pyridine rings is 1. The normalized spacial score (nSPS) is 18.9. The van der Waals surface area contributed by atoms with E-state index in [4.69, 9.17) is 21.4 Å². The molecular weight excluding hydrogens is 381 g/mol. The Morgan fingerprint density at radius 2 is 1.89 bits per heavy atom. The van der Waals surface area contributed by atoms with Crippen LogP contribution >= 0.6 is 0 Å². The summed E-state index contributed by atoms with van der Waals surface area (Å²) in [6, 6.07) is 9.13. The molecule has 1 fully saturated rings. The first-order valence-corrected chi connectivity index (χ1v) is 8.00. The Labute approximate surface area is 156 Å². The van der Waals surface area contributed by atoms with Gasteiger partial charge in [-0.25, -0.2) is 9.78 Å². The number of nitrogens with one attached hydrogen (secondary N) is 1. The van der Waals surface area contributed by atoms with Crippen LogP contribution in [0.4, 0.5) is 19.0 Å².